The van der Waals surface area contributed by atoms with E-state index in [1.807, 2.05) is 35.9 Å². The smallest absolute Gasteiger partial charge is 0.226 e. The van der Waals surface area contributed by atoms with Crippen molar-refractivity contribution in [2.24, 2.45) is 5.92 Å². The van der Waals surface area contributed by atoms with E-state index < -0.39 is 0 Å². The molecule has 1 amide bonds. The van der Waals surface area contributed by atoms with Gasteiger partial charge in [0.25, 0.3) is 0 Å². The normalized spacial score (nSPS) is 16.6. The molecule has 0 spiro atoms. The molecule has 0 saturated heterocycles. The summed E-state index contributed by atoms with van der Waals surface area (Å²) >= 11 is 0. The number of nitrogens with one attached hydrogen (secondary N) is 1. The number of fused-ring (bicyclic) bond motifs is 1. The number of hydrogen-bond donors (Lipinski definition) is 1. The van der Waals surface area contributed by atoms with Gasteiger partial charge in [0, 0.05) is 12.2 Å². The van der Waals surface area contributed by atoms with Crippen LogP contribution in [0.15, 0.2) is 24.3 Å². The monoisotopic (exact) mass is 313 g/mol. The Hall–Kier alpha value is -2.30. The lowest BCUT2D eigenvalue weighted by Gasteiger charge is -2.24. The third-order valence-corrected chi connectivity index (χ3v) is 4.62. The second kappa shape index (κ2) is 6.44. The minimum Gasteiger partial charge on any atom is -0.492 e. The number of carbonyl (C=O) groups is 1. The topological polar surface area (TPSA) is 56.2 Å². The van der Waals surface area contributed by atoms with Crippen molar-refractivity contribution in [3.63, 3.8) is 0 Å². The number of rotatable bonds is 4. The number of ether oxygens (including phenoxy) is 1. The van der Waals surface area contributed by atoms with Gasteiger partial charge in [0.2, 0.25) is 5.91 Å². The van der Waals surface area contributed by atoms with Gasteiger partial charge in [-0.15, -0.1) is 0 Å². The van der Waals surface area contributed by atoms with E-state index in [1.54, 1.807) is 0 Å². The SMILES string of the molecule is Cc1nn(CCNC(=O)[C@@H]2COc3ccccc3C2)c(C)c1C. The summed E-state index contributed by atoms with van der Waals surface area (Å²) in [6, 6.07) is 7.91. The van der Waals surface area contributed by atoms with Gasteiger partial charge in [-0.2, -0.15) is 5.10 Å². The average molecular weight is 313 g/mol. The summed E-state index contributed by atoms with van der Waals surface area (Å²) in [5.41, 5.74) is 4.53. The molecule has 5 heteroatoms. The quantitative estimate of drug-likeness (QED) is 0.941. The summed E-state index contributed by atoms with van der Waals surface area (Å²) in [6.45, 7) is 7.86. The number of amides is 1. The van der Waals surface area contributed by atoms with Crippen LogP contribution in [0.25, 0.3) is 0 Å². The maximum Gasteiger partial charge on any atom is 0.226 e. The minimum atomic E-state index is -0.118. The Balaban J connectivity index is 1.53. The van der Waals surface area contributed by atoms with Crippen LogP contribution in [-0.4, -0.2) is 28.8 Å². The van der Waals surface area contributed by atoms with Crippen LogP contribution in [0, 0.1) is 26.7 Å². The Morgan fingerprint density at radius 1 is 1.35 bits per heavy atom. The van der Waals surface area contributed by atoms with Gasteiger partial charge in [-0.05, 0) is 44.4 Å². The highest BCUT2D eigenvalue weighted by atomic mass is 16.5. The fourth-order valence-electron chi connectivity index (χ4n) is 2.93. The summed E-state index contributed by atoms with van der Waals surface area (Å²) in [7, 11) is 0. The van der Waals surface area contributed by atoms with Crippen LogP contribution in [0.2, 0.25) is 0 Å². The van der Waals surface area contributed by atoms with E-state index in [2.05, 4.69) is 24.3 Å². The predicted molar refractivity (Wildman–Crippen MR) is 88.6 cm³/mol. The Bertz CT molecular complexity index is 721. The van der Waals surface area contributed by atoms with Gasteiger partial charge in [0.15, 0.2) is 0 Å². The zero-order valence-corrected chi connectivity index (χ0v) is 13.9. The molecule has 1 aromatic carbocycles. The summed E-state index contributed by atoms with van der Waals surface area (Å²) in [5.74, 6) is 0.833. The molecule has 0 bridgehead atoms. The highest BCUT2D eigenvalue weighted by Crippen LogP contribution is 2.26. The molecule has 1 aliphatic heterocycles. The van der Waals surface area contributed by atoms with Crippen LogP contribution >= 0.6 is 0 Å². The Labute approximate surface area is 136 Å². The summed E-state index contributed by atoms with van der Waals surface area (Å²) in [5, 5.41) is 7.50. The number of hydrogen-bond acceptors (Lipinski definition) is 3. The first-order valence-electron chi connectivity index (χ1n) is 8.05. The van der Waals surface area contributed by atoms with Crippen LogP contribution in [0.4, 0.5) is 0 Å². The maximum absolute atomic E-state index is 12.3. The van der Waals surface area contributed by atoms with E-state index in [1.165, 1.54) is 5.56 Å². The van der Waals surface area contributed by atoms with E-state index in [4.69, 9.17) is 4.74 Å². The van der Waals surface area contributed by atoms with Gasteiger partial charge in [-0.3, -0.25) is 9.48 Å². The predicted octanol–water partition coefficient (Wildman–Crippen LogP) is 2.18. The van der Waals surface area contributed by atoms with Crippen molar-refractivity contribution in [2.45, 2.75) is 33.7 Å². The molecule has 2 heterocycles. The first kappa shape index (κ1) is 15.6. The third-order valence-electron chi connectivity index (χ3n) is 4.62. The van der Waals surface area contributed by atoms with Crippen molar-refractivity contribution in [3.05, 3.63) is 46.8 Å². The zero-order valence-electron chi connectivity index (χ0n) is 13.9. The Morgan fingerprint density at radius 2 is 2.13 bits per heavy atom. The molecule has 0 radical (unpaired) electrons. The molecule has 0 fully saturated rings. The molecule has 3 rings (SSSR count). The number of para-hydroxylation sites is 1. The van der Waals surface area contributed by atoms with E-state index in [0.717, 1.165) is 29.1 Å². The fourth-order valence-corrected chi connectivity index (χ4v) is 2.93. The second-order valence-corrected chi connectivity index (χ2v) is 6.13. The largest absolute Gasteiger partial charge is 0.492 e. The first-order chi connectivity index (χ1) is 11.1. The number of aryl methyl sites for hydroxylation is 1. The van der Waals surface area contributed by atoms with Crippen molar-refractivity contribution in [2.75, 3.05) is 13.2 Å². The lowest BCUT2D eigenvalue weighted by Crippen LogP contribution is -2.38. The molecule has 1 N–H and O–H groups in total. The fraction of sp³-hybridized carbons (Fsp3) is 0.444. The molecule has 0 saturated carbocycles. The minimum absolute atomic E-state index is 0.0535. The van der Waals surface area contributed by atoms with Gasteiger partial charge in [-0.1, -0.05) is 18.2 Å². The lowest BCUT2D eigenvalue weighted by molar-refractivity contribution is -0.126. The Morgan fingerprint density at radius 3 is 2.87 bits per heavy atom. The third kappa shape index (κ3) is 3.23. The van der Waals surface area contributed by atoms with Gasteiger partial charge in [-0.25, -0.2) is 0 Å². The zero-order chi connectivity index (χ0) is 16.4. The summed E-state index contributed by atoms with van der Waals surface area (Å²) in [6.07, 6.45) is 0.737. The van der Waals surface area contributed by atoms with Crippen molar-refractivity contribution in [1.82, 2.24) is 15.1 Å². The molecule has 1 aromatic heterocycles. The molecule has 5 nitrogen and oxygen atoms in total. The van der Waals surface area contributed by atoms with Gasteiger partial charge >= 0.3 is 0 Å². The van der Waals surface area contributed by atoms with Gasteiger partial charge in [0.05, 0.1) is 18.2 Å². The summed E-state index contributed by atoms with van der Waals surface area (Å²) < 4.78 is 7.64. The van der Waals surface area contributed by atoms with Crippen molar-refractivity contribution in [1.29, 1.82) is 0 Å². The molecule has 0 unspecified atom stereocenters. The molecular formula is C18H23N3O2. The summed E-state index contributed by atoms with van der Waals surface area (Å²) in [4.78, 5) is 12.3. The number of carbonyl (C=O) groups excluding carboxylic acids is 1. The molecule has 122 valence electrons. The molecule has 0 aliphatic carbocycles. The van der Waals surface area contributed by atoms with Crippen LogP contribution in [0.5, 0.6) is 5.75 Å². The lowest BCUT2D eigenvalue weighted by atomic mass is 9.96. The second-order valence-electron chi connectivity index (χ2n) is 6.13. The van der Waals surface area contributed by atoms with E-state index >= 15 is 0 Å². The molecule has 1 atom stereocenters. The highest BCUT2D eigenvalue weighted by Gasteiger charge is 2.25. The Kier molecular flexibility index (Phi) is 4.37. The van der Waals surface area contributed by atoms with Crippen LogP contribution in [0.3, 0.4) is 0 Å². The first-order valence-corrected chi connectivity index (χ1v) is 8.05. The average Bonchev–Trinajstić information content (AvgIpc) is 2.81. The highest BCUT2D eigenvalue weighted by molar-refractivity contribution is 5.79. The van der Waals surface area contributed by atoms with Gasteiger partial charge < -0.3 is 10.1 Å². The molecular weight excluding hydrogens is 290 g/mol. The van der Waals surface area contributed by atoms with E-state index in [9.17, 15) is 4.79 Å². The van der Waals surface area contributed by atoms with Crippen LogP contribution in [0.1, 0.15) is 22.5 Å². The standard InChI is InChI=1S/C18H23N3O2/c1-12-13(2)20-21(14(12)3)9-8-19-18(22)16-10-15-6-4-5-7-17(15)23-11-16/h4-7,16H,8-11H2,1-3H3,(H,19,22)/t16-/m0/s1. The van der Waals surface area contributed by atoms with Crippen LogP contribution in [-0.2, 0) is 17.8 Å². The van der Waals surface area contributed by atoms with E-state index in [-0.39, 0.29) is 11.8 Å². The van der Waals surface area contributed by atoms with Crippen molar-refractivity contribution < 1.29 is 9.53 Å². The maximum atomic E-state index is 12.3. The molecule has 23 heavy (non-hydrogen) atoms. The molecule has 1 aliphatic rings. The number of benzene rings is 1. The number of nitrogens with zero attached hydrogens (tertiary/aromatic N) is 2. The van der Waals surface area contributed by atoms with Crippen molar-refractivity contribution in [3.8, 4) is 5.75 Å². The van der Waals surface area contributed by atoms with Gasteiger partial charge in [0.1, 0.15) is 12.4 Å². The molecule has 2 aromatic rings. The number of aromatic nitrogens is 2. The van der Waals surface area contributed by atoms with Crippen molar-refractivity contribution >= 4 is 5.91 Å². The van der Waals surface area contributed by atoms with Crippen LogP contribution < -0.4 is 10.1 Å². The van der Waals surface area contributed by atoms with E-state index in [0.29, 0.717) is 19.7 Å².